The maximum Gasteiger partial charge on any atom is 0.431 e. The number of aromatic nitrogens is 3. The van der Waals surface area contributed by atoms with Crippen molar-refractivity contribution in [2.75, 3.05) is 37.6 Å². The second-order valence-electron chi connectivity index (χ2n) is 9.21. The Kier molecular flexibility index (Phi) is 6.12. The minimum absolute atomic E-state index is 0.0433. The molecular formula is C23H26F3N5O3S. The van der Waals surface area contributed by atoms with Gasteiger partial charge in [0, 0.05) is 53.0 Å². The number of nitrogens with zero attached hydrogens (tertiary/aromatic N) is 3. The summed E-state index contributed by atoms with van der Waals surface area (Å²) < 4.78 is 68.0. The van der Waals surface area contributed by atoms with Gasteiger partial charge in [0.25, 0.3) is 0 Å². The number of hydrogen-bond donors (Lipinski definition) is 2. The van der Waals surface area contributed by atoms with E-state index >= 15 is 0 Å². The lowest BCUT2D eigenvalue weighted by Gasteiger charge is -2.40. The molecule has 0 aliphatic carbocycles. The topological polar surface area (TPSA) is 101 Å². The molecule has 2 aliphatic rings. The number of nitrogens with one attached hydrogen (secondary N) is 2. The van der Waals surface area contributed by atoms with Crippen LogP contribution in [0.4, 0.5) is 24.7 Å². The van der Waals surface area contributed by atoms with Crippen LogP contribution in [0.25, 0.3) is 11.0 Å². The van der Waals surface area contributed by atoms with Gasteiger partial charge >= 0.3 is 6.18 Å². The zero-order chi connectivity index (χ0) is 24.8. The van der Waals surface area contributed by atoms with E-state index in [0.29, 0.717) is 43.0 Å². The van der Waals surface area contributed by atoms with E-state index in [4.69, 9.17) is 9.47 Å². The molecule has 2 aliphatic heterocycles. The molecule has 1 saturated heterocycles. The Bertz CT molecular complexity index is 1350. The van der Waals surface area contributed by atoms with Crippen LogP contribution < -0.4 is 10.1 Å². The molecule has 0 spiro atoms. The van der Waals surface area contributed by atoms with Crippen molar-refractivity contribution in [2.24, 2.45) is 16.2 Å². The molecule has 35 heavy (non-hydrogen) atoms. The van der Waals surface area contributed by atoms with Crippen molar-refractivity contribution in [3.8, 4) is 5.75 Å². The van der Waals surface area contributed by atoms with Crippen molar-refractivity contribution in [1.82, 2.24) is 15.0 Å². The maximum atomic E-state index is 13.3. The predicted octanol–water partition coefficient (Wildman–Crippen LogP) is 4.92. The van der Waals surface area contributed by atoms with E-state index in [9.17, 15) is 17.4 Å². The SMILES string of the molecule is CS(C)(=O)=Nc1ccc2c(c1)OCC(C1CCOCC1)C2Nc1ncnc2[nH]c(C(F)(F)F)cc12. The fourth-order valence-corrected chi connectivity index (χ4v) is 5.44. The summed E-state index contributed by atoms with van der Waals surface area (Å²) in [6.07, 6.45) is 1.57. The molecule has 3 aromatic rings. The van der Waals surface area contributed by atoms with E-state index in [1.54, 1.807) is 24.6 Å². The van der Waals surface area contributed by atoms with Crippen LogP contribution in [-0.2, 0) is 20.6 Å². The van der Waals surface area contributed by atoms with Gasteiger partial charge in [-0.1, -0.05) is 6.07 Å². The fraction of sp³-hybridized carbons (Fsp3) is 0.478. The number of halogens is 3. The van der Waals surface area contributed by atoms with Crippen LogP contribution in [0.2, 0.25) is 0 Å². The van der Waals surface area contributed by atoms with Gasteiger partial charge in [0.2, 0.25) is 0 Å². The number of alkyl halides is 3. The Hall–Kier alpha value is -2.86. The van der Waals surface area contributed by atoms with Gasteiger partial charge in [-0.3, -0.25) is 0 Å². The number of benzene rings is 1. The number of H-pyrrole nitrogens is 1. The molecule has 8 nitrogen and oxygen atoms in total. The van der Waals surface area contributed by atoms with Gasteiger partial charge in [-0.05, 0) is 30.9 Å². The highest BCUT2D eigenvalue weighted by Gasteiger charge is 2.38. The molecule has 2 aromatic heterocycles. The summed E-state index contributed by atoms with van der Waals surface area (Å²) >= 11 is 0. The Morgan fingerprint density at radius 1 is 1.17 bits per heavy atom. The van der Waals surface area contributed by atoms with Crippen molar-refractivity contribution in [1.29, 1.82) is 0 Å². The molecule has 2 unspecified atom stereocenters. The first-order valence-corrected chi connectivity index (χ1v) is 13.6. The van der Waals surface area contributed by atoms with Crippen molar-refractivity contribution < 1.29 is 26.9 Å². The van der Waals surface area contributed by atoms with Gasteiger partial charge in [-0.25, -0.2) is 14.2 Å². The first-order chi connectivity index (χ1) is 16.6. The van der Waals surface area contributed by atoms with Crippen molar-refractivity contribution >= 4 is 32.3 Å². The average molecular weight is 510 g/mol. The van der Waals surface area contributed by atoms with E-state index in [-0.39, 0.29) is 23.0 Å². The molecular weight excluding hydrogens is 483 g/mol. The van der Waals surface area contributed by atoms with E-state index in [1.807, 2.05) is 6.07 Å². The van der Waals surface area contributed by atoms with E-state index in [2.05, 4.69) is 24.6 Å². The van der Waals surface area contributed by atoms with Crippen LogP contribution in [-0.4, -0.2) is 51.5 Å². The molecule has 2 N–H and O–H groups in total. The largest absolute Gasteiger partial charge is 0.493 e. The molecule has 0 bridgehead atoms. The summed E-state index contributed by atoms with van der Waals surface area (Å²) in [5.74, 6) is 1.27. The lowest BCUT2D eigenvalue weighted by molar-refractivity contribution is -0.140. The summed E-state index contributed by atoms with van der Waals surface area (Å²) in [5.41, 5.74) is 0.633. The summed E-state index contributed by atoms with van der Waals surface area (Å²) in [5, 5.41) is 3.68. The smallest absolute Gasteiger partial charge is 0.431 e. The van der Waals surface area contributed by atoms with Gasteiger partial charge < -0.3 is 19.8 Å². The van der Waals surface area contributed by atoms with E-state index < -0.39 is 21.6 Å². The third-order valence-corrected chi connectivity index (χ3v) is 7.06. The molecule has 0 amide bonds. The summed E-state index contributed by atoms with van der Waals surface area (Å²) in [4.78, 5) is 10.6. The summed E-state index contributed by atoms with van der Waals surface area (Å²) in [7, 11) is -2.35. The number of hydrogen-bond acceptors (Lipinski definition) is 7. The van der Waals surface area contributed by atoms with Crippen molar-refractivity contribution in [2.45, 2.75) is 25.1 Å². The Morgan fingerprint density at radius 2 is 1.94 bits per heavy atom. The van der Waals surface area contributed by atoms with Gasteiger partial charge in [0.15, 0.2) is 0 Å². The highest BCUT2D eigenvalue weighted by Crippen LogP contribution is 2.45. The second-order valence-corrected chi connectivity index (χ2v) is 11.8. The molecule has 4 heterocycles. The first-order valence-electron chi connectivity index (χ1n) is 11.3. The number of anilines is 1. The average Bonchev–Trinajstić information content (AvgIpc) is 3.25. The van der Waals surface area contributed by atoms with Crippen LogP contribution in [0.15, 0.2) is 35.0 Å². The van der Waals surface area contributed by atoms with Crippen molar-refractivity contribution in [3.63, 3.8) is 0 Å². The standard InChI is InChI=1S/C23H26F3N5O3S/c1-35(2,32)31-14-3-4-15-18(9-14)34-11-17(13-5-7-33-8-6-13)20(15)30-22-16-10-19(23(24,25)26)29-21(16)27-12-28-22/h3-4,9-10,12-13,17,20H,5-8,11H2,1-2H3,(H2,27,28,29,30). The van der Waals surface area contributed by atoms with Crippen LogP contribution in [0, 0.1) is 11.8 Å². The lowest BCUT2D eigenvalue weighted by Crippen LogP contribution is -2.38. The quantitative estimate of drug-likeness (QED) is 0.518. The van der Waals surface area contributed by atoms with E-state index in [0.717, 1.165) is 24.5 Å². The minimum atomic E-state index is -4.52. The number of fused-ring (bicyclic) bond motifs is 2. The number of aromatic amines is 1. The highest BCUT2D eigenvalue weighted by molar-refractivity contribution is 7.92. The van der Waals surface area contributed by atoms with Gasteiger partial charge in [0.1, 0.15) is 29.2 Å². The summed E-state index contributed by atoms with van der Waals surface area (Å²) in [6.45, 7) is 1.73. The Labute approximate surface area is 200 Å². The second kappa shape index (κ2) is 8.98. The van der Waals surface area contributed by atoms with Gasteiger partial charge in [0.05, 0.1) is 23.7 Å². The lowest BCUT2D eigenvalue weighted by atomic mass is 9.77. The Morgan fingerprint density at radius 3 is 2.66 bits per heavy atom. The molecule has 1 aromatic carbocycles. The third-order valence-electron chi connectivity index (χ3n) is 6.41. The van der Waals surface area contributed by atoms with Crippen LogP contribution >= 0.6 is 0 Å². The zero-order valence-corrected chi connectivity index (χ0v) is 20.1. The summed E-state index contributed by atoms with van der Waals surface area (Å²) in [6, 6.07) is 6.17. The van der Waals surface area contributed by atoms with Crippen molar-refractivity contribution in [3.05, 3.63) is 41.9 Å². The normalized spacial score (nSPS) is 21.4. The third kappa shape index (κ3) is 5.08. The number of rotatable bonds is 4. The fourth-order valence-electron chi connectivity index (χ4n) is 4.82. The molecule has 12 heteroatoms. The molecule has 0 saturated carbocycles. The molecule has 2 atom stereocenters. The molecule has 188 valence electrons. The van der Waals surface area contributed by atoms with Gasteiger partial charge in [-0.2, -0.15) is 17.5 Å². The maximum absolute atomic E-state index is 13.3. The predicted molar refractivity (Wildman–Crippen MR) is 126 cm³/mol. The van der Waals surface area contributed by atoms with Crippen LogP contribution in [0.5, 0.6) is 5.75 Å². The molecule has 5 rings (SSSR count). The highest BCUT2D eigenvalue weighted by atomic mass is 32.2. The van der Waals surface area contributed by atoms with Crippen LogP contribution in [0.3, 0.4) is 0 Å². The zero-order valence-electron chi connectivity index (χ0n) is 19.3. The molecule has 0 radical (unpaired) electrons. The minimum Gasteiger partial charge on any atom is -0.493 e. The van der Waals surface area contributed by atoms with Gasteiger partial charge in [-0.15, -0.1) is 0 Å². The monoisotopic (exact) mass is 509 g/mol. The van der Waals surface area contributed by atoms with E-state index in [1.165, 1.54) is 6.33 Å². The number of ether oxygens (including phenoxy) is 2. The van der Waals surface area contributed by atoms with Crippen LogP contribution in [0.1, 0.15) is 30.1 Å². The Balaban J connectivity index is 1.56. The molecule has 1 fully saturated rings. The first kappa shape index (κ1) is 23.9.